The fourth-order valence-electron chi connectivity index (χ4n) is 2.47. The Hall–Kier alpha value is -1.89. The van der Waals surface area contributed by atoms with Gasteiger partial charge in [0.15, 0.2) is 0 Å². The highest BCUT2D eigenvalue weighted by Gasteiger charge is 2.22. The van der Waals surface area contributed by atoms with Gasteiger partial charge in [0.1, 0.15) is 11.6 Å². The van der Waals surface area contributed by atoms with Gasteiger partial charge in [-0.05, 0) is 32.1 Å². The number of nitrogens with one attached hydrogen (secondary N) is 2. The summed E-state index contributed by atoms with van der Waals surface area (Å²) >= 11 is 0. The van der Waals surface area contributed by atoms with Crippen molar-refractivity contribution >= 4 is 17.3 Å². The summed E-state index contributed by atoms with van der Waals surface area (Å²) in [4.78, 5) is 14.8. The third-order valence-corrected chi connectivity index (χ3v) is 3.46. The van der Waals surface area contributed by atoms with E-state index in [9.17, 15) is 15.2 Å². The van der Waals surface area contributed by atoms with Crippen molar-refractivity contribution in [3.05, 3.63) is 22.2 Å². The van der Waals surface area contributed by atoms with Crippen LogP contribution in [0.1, 0.15) is 26.2 Å². The summed E-state index contributed by atoms with van der Waals surface area (Å²) in [5.74, 6) is 1.39. The topological polar surface area (TPSA) is 100 Å². The van der Waals surface area contributed by atoms with Gasteiger partial charge in [-0.3, -0.25) is 10.1 Å². The number of aliphatic hydroxyl groups is 1. The van der Waals surface area contributed by atoms with Crippen LogP contribution in [0.2, 0.25) is 0 Å². The fraction of sp³-hybridized carbons (Fsp3) is 0.615. The predicted molar refractivity (Wildman–Crippen MR) is 76.9 cm³/mol. The zero-order chi connectivity index (χ0) is 14.5. The van der Waals surface area contributed by atoms with Crippen LogP contribution in [-0.4, -0.2) is 34.2 Å². The van der Waals surface area contributed by atoms with Crippen molar-refractivity contribution in [2.24, 2.45) is 5.92 Å². The average Bonchev–Trinajstić information content (AvgIpc) is 2.82. The number of hydrogen-bond acceptors (Lipinski definition) is 6. The molecule has 1 heterocycles. The highest BCUT2D eigenvalue weighted by Crippen LogP contribution is 2.26. The van der Waals surface area contributed by atoms with E-state index in [4.69, 9.17) is 0 Å². The van der Waals surface area contributed by atoms with Gasteiger partial charge in [-0.1, -0.05) is 0 Å². The Balaban J connectivity index is 2.03. The predicted octanol–water partition coefficient (Wildman–Crippen LogP) is 1.99. The lowest BCUT2D eigenvalue weighted by atomic mass is 10.1. The Morgan fingerprint density at radius 1 is 1.40 bits per heavy atom. The molecule has 0 aromatic carbocycles. The number of aromatic nitrogens is 1. The highest BCUT2D eigenvalue weighted by atomic mass is 16.6. The monoisotopic (exact) mass is 280 g/mol. The van der Waals surface area contributed by atoms with Crippen molar-refractivity contribution in [1.29, 1.82) is 0 Å². The molecule has 1 aliphatic rings. The fourth-order valence-corrected chi connectivity index (χ4v) is 2.47. The third kappa shape index (κ3) is 3.80. The van der Waals surface area contributed by atoms with Gasteiger partial charge in [-0.25, -0.2) is 4.98 Å². The van der Waals surface area contributed by atoms with Crippen LogP contribution in [0.5, 0.6) is 0 Å². The van der Waals surface area contributed by atoms with Crippen molar-refractivity contribution in [3.63, 3.8) is 0 Å². The van der Waals surface area contributed by atoms with Gasteiger partial charge in [0, 0.05) is 13.1 Å². The number of aliphatic hydroxyl groups excluding tert-OH is 1. The Bertz CT molecular complexity index is 481. The lowest BCUT2D eigenvalue weighted by Crippen LogP contribution is -2.14. The summed E-state index contributed by atoms with van der Waals surface area (Å²) in [5, 5.41) is 26.5. The number of pyridine rings is 1. The zero-order valence-corrected chi connectivity index (χ0v) is 11.5. The third-order valence-electron chi connectivity index (χ3n) is 3.46. The number of nitrogens with zero attached hydrogens (tertiary/aromatic N) is 2. The van der Waals surface area contributed by atoms with E-state index in [2.05, 4.69) is 15.6 Å². The van der Waals surface area contributed by atoms with Gasteiger partial charge >= 0.3 is 0 Å². The number of anilines is 2. The van der Waals surface area contributed by atoms with E-state index in [0.717, 1.165) is 19.3 Å². The second kappa shape index (κ2) is 6.51. The minimum atomic E-state index is -0.424. The van der Waals surface area contributed by atoms with E-state index in [1.807, 2.05) is 6.92 Å². The van der Waals surface area contributed by atoms with Crippen molar-refractivity contribution in [3.8, 4) is 0 Å². The van der Waals surface area contributed by atoms with Crippen LogP contribution in [0.25, 0.3) is 0 Å². The Labute approximate surface area is 117 Å². The zero-order valence-electron chi connectivity index (χ0n) is 11.5. The molecule has 2 rings (SSSR count). The molecule has 3 N–H and O–H groups in total. The Morgan fingerprint density at radius 2 is 2.10 bits per heavy atom. The first-order chi connectivity index (χ1) is 9.58. The average molecular weight is 280 g/mol. The highest BCUT2D eigenvalue weighted by molar-refractivity contribution is 5.54. The second-order valence-corrected chi connectivity index (χ2v) is 5.10. The van der Waals surface area contributed by atoms with Gasteiger partial charge in [0.05, 0.1) is 23.2 Å². The molecule has 20 heavy (non-hydrogen) atoms. The summed E-state index contributed by atoms with van der Waals surface area (Å²) in [6.45, 7) is 3.24. The Morgan fingerprint density at radius 3 is 2.65 bits per heavy atom. The van der Waals surface area contributed by atoms with Crippen molar-refractivity contribution in [1.82, 2.24) is 4.98 Å². The Kier molecular flexibility index (Phi) is 4.73. The van der Waals surface area contributed by atoms with E-state index >= 15 is 0 Å². The largest absolute Gasteiger partial charge is 0.393 e. The van der Waals surface area contributed by atoms with Crippen LogP contribution in [0.3, 0.4) is 0 Å². The molecule has 0 bridgehead atoms. The van der Waals surface area contributed by atoms with Gasteiger partial charge in [-0.15, -0.1) is 0 Å². The summed E-state index contributed by atoms with van der Waals surface area (Å²) in [6, 6.07) is 2.86. The first-order valence-electron chi connectivity index (χ1n) is 6.90. The summed E-state index contributed by atoms with van der Waals surface area (Å²) in [7, 11) is 0. The molecule has 0 aliphatic heterocycles. The first kappa shape index (κ1) is 14.5. The number of hydrogen-bond donors (Lipinski definition) is 3. The maximum atomic E-state index is 10.9. The van der Waals surface area contributed by atoms with Crippen LogP contribution >= 0.6 is 0 Å². The molecule has 1 aliphatic carbocycles. The molecule has 1 aromatic rings. The minimum absolute atomic E-state index is 0.0184. The molecule has 1 saturated carbocycles. The standard InChI is InChI=1S/C13H20N4O3/c1-2-14-12-6-10(17(19)20)7-13(16-12)15-8-9-3-4-11(18)5-9/h6-7,9,11,18H,2-5,8H2,1H3,(H2,14,15,16). The van der Waals surface area contributed by atoms with Crippen LogP contribution < -0.4 is 10.6 Å². The quantitative estimate of drug-likeness (QED) is 0.544. The van der Waals surface area contributed by atoms with Crippen LogP contribution in [0.15, 0.2) is 12.1 Å². The molecular weight excluding hydrogens is 260 g/mol. The molecular formula is C13H20N4O3. The molecule has 1 aromatic heterocycles. The summed E-state index contributed by atoms with van der Waals surface area (Å²) < 4.78 is 0. The van der Waals surface area contributed by atoms with Gasteiger partial charge in [0.25, 0.3) is 5.69 Å². The van der Waals surface area contributed by atoms with Crippen molar-refractivity contribution in [2.45, 2.75) is 32.3 Å². The maximum Gasteiger partial charge on any atom is 0.276 e. The molecule has 0 saturated heterocycles. The lowest BCUT2D eigenvalue weighted by molar-refractivity contribution is -0.384. The molecule has 2 atom stereocenters. The molecule has 0 amide bonds. The van der Waals surface area contributed by atoms with E-state index in [1.165, 1.54) is 12.1 Å². The molecule has 7 heteroatoms. The smallest absolute Gasteiger partial charge is 0.276 e. The SMILES string of the molecule is CCNc1cc([N+](=O)[O-])cc(NCC2CCC(O)C2)n1. The van der Waals surface area contributed by atoms with E-state index < -0.39 is 4.92 Å². The molecule has 110 valence electrons. The lowest BCUT2D eigenvalue weighted by Gasteiger charge is -2.12. The summed E-state index contributed by atoms with van der Waals surface area (Å²) in [6.07, 6.45) is 2.37. The number of nitro groups is 1. The van der Waals surface area contributed by atoms with E-state index in [0.29, 0.717) is 30.6 Å². The van der Waals surface area contributed by atoms with E-state index in [-0.39, 0.29) is 11.8 Å². The van der Waals surface area contributed by atoms with Gasteiger partial charge in [-0.2, -0.15) is 0 Å². The van der Waals surface area contributed by atoms with Gasteiger partial charge in [0.2, 0.25) is 0 Å². The normalized spacial score (nSPS) is 21.7. The molecule has 0 radical (unpaired) electrons. The second-order valence-electron chi connectivity index (χ2n) is 5.10. The molecule has 0 spiro atoms. The van der Waals surface area contributed by atoms with Crippen molar-refractivity contribution in [2.75, 3.05) is 23.7 Å². The van der Waals surface area contributed by atoms with Gasteiger partial charge < -0.3 is 15.7 Å². The van der Waals surface area contributed by atoms with E-state index in [1.54, 1.807) is 0 Å². The van der Waals surface area contributed by atoms with Crippen LogP contribution in [0, 0.1) is 16.0 Å². The molecule has 1 fully saturated rings. The first-order valence-corrected chi connectivity index (χ1v) is 6.90. The number of rotatable bonds is 6. The van der Waals surface area contributed by atoms with Crippen LogP contribution in [0.4, 0.5) is 17.3 Å². The van der Waals surface area contributed by atoms with Crippen molar-refractivity contribution < 1.29 is 10.0 Å². The minimum Gasteiger partial charge on any atom is -0.393 e. The molecule has 2 unspecified atom stereocenters. The summed E-state index contributed by atoms with van der Waals surface area (Å²) in [5.41, 5.74) is 0.0184. The molecule has 7 nitrogen and oxygen atoms in total. The maximum absolute atomic E-state index is 10.9. The van der Waals surface area contributed by atoms with Crippen LogP contribution in [-0.2, 0) is 0 Å².